The van der Waals surface area contributed by atoms with Crippen LogP contribution in [0.5, 0.6) is 0 Å². The van der Waals surface area contributed by atoms with Crippen molar-refractivity contribution in [3.05, 3.63) is 96.1 Å². The zero-order chi connectivity index (χ0) is 21.9. The van der Waals surface area contributed by atoms with Gasteiger partial charge in [-0.15, -0.1) is 0 Å². The van der Waals surface area contributed by atoms with E-state index in [1.165, 1.54) is 6.92 Å². The number of carbonyl (C=O) groups is 2. The zero-order valence-corrected chi connectivity index (χ0v) is 17.9. The monoisotopic (exact) mass is 427 g/mol. The normalized spacial score (nSPS) is 10.7. The van der Waals surface area contributed by atoms with Crippen LogP contribution in [0.4, 0.5) is 0 Å². The van der Waals surface area contributed by atoms with E-state index in [0.717, 1.165) is 15.4 Å². The Kier molecular flexibility index (Phi) is 8.21. The Morgan fingerprint density at radius 3 is 2.13 bits per heavy atom. The summed E-state index contributed by atoms with van der Waals surface area (Å²) >= 11 is 1.62. The van der Waals surface area contributed by atoms with Crippen molar-refractivity contribution >= 4 is 29.2 Å². The first kappa shape index (κ1) is 22.1. The topological polar surface area (TPSA) is 55.7 Å². The number of hydrogen-bond donors (Lipinski definition) is 0. The van der Waals surface area contributed by atoms with E-state index >= 15 is 0 Å². The average Bonchev–Trinajstić information content (AvgIpc) is 2.80. The summed E-state index contributed by atoms with van der Waals surface area (Å²) < 4.78 is 0. The van der Waals surface area contributed by atoms with Crippen LogP contribution < -0.4 is 0 Å². The molecule has 154 valence electrons. The molecule has 3 aromatic rings. The maximum absolute atomic E-state index is 12.9. The van der Waals surface area contributed by atoms with Gasteiger partial charge in [0.05, 0.1) is 0 Å². The largest absolute Gasteiger partial charge is 0.331 e. The van der Waals surface area contributed by atoms with Crippen molar-refractivity contribution in [2.75, 3.05) is 0 Å². The average molecular weight is 428 g/mol. The van der Waals surface area contributed by atoms with Gasteiger partial charge in [0.1, 0.15) is 5.71 Å². The molecule has 0 fully saturated rings. The highest BCUT2D eigenvalue weighted by molar-refractivity contribution is 7.99. The predicted octanol–water partition coefficient (Wildman–Crippen LogP) is 5.77. The van der Waals surface area contributed by atoms with E-state index in [-0.39, 0.29) is 17.9 Å². The Balaban J connectivity index is 1.68. The van der Waals surface area contributed by atoms with Crippen molar-refractivity contribution in [3.63, 3.8) is 0 Å². The Bertz CT molecular complexity index is 1110. The number of benzene rings is 3. The fraction of sp³-hybridized carbons (Fsp3) is 0.115. The maximum Gasteiger partial charge on any atom is 0.331 e. The van der Waals surface area contributed by atoms with Gasteiger partial charge in [-0.2, -0.15) is 0 Å². The van der Waals surface area contributed by atoms with E-state index in [4.69, 9.17) is 4.84 Å². The van der Waals surface area contributed by atoms with Gasteiger partial charge in [0.15, 0.2) is 0 Å². The Morgan fingerprint density at radius 1 is 0.871 bits per heavy atom. The fourth-order valence-corrected chi connectivity index (χ4v) is 3.49. The second kappa shape index (κ2) is 11.5. The van der Waals surface area contributed by atoms with Gasteiger partial charge in [-0.05, 0) is 48.5 Å². The van der Waals surface area contributed by atoms with Crippen molar-refractivity contribution in [1.82, 2.24) is 0 Å². The molecule has 0 aromatic heterocycles. The highest BCUT2D eigenvalue weighted by Gasteiger charge is 2.15. The van der Waals surface area contributed by atoms with Gasteiger partial charge in [-0.25, -0.2) is 4.79 Å². The minimum atomic E-state index is -0.574. The van der Waals surface area contributed by atoms with E-state index < -0.39 is 5.97 Å². The van der Waals surface area contributed by atoms with Crippen LogP contribution in [0.2, 0.25) is 0 Å². The molecule has 3 rings (SSSR count). The molecule has 5 heteroatoms. The van der Waals surface area contributed by atoms with Crippen molar-refractivity contribution in [2.24, 2.45) is 5.16 Å². The first-order valence-corrected chi connectivity index (χ1v) is 10.6. The highest BCUT2D eigenvalue weighted by atomic mass is 32.2. The lowest BCUT2D eigenvalue weighted by Crippen LogP contribution is -2.15. The molecule has 4 nitrogen and oxygen atoms in total. The molecule has 0 amide bonds. The van der Waals surface area contributed by atoms with Gasteiger partial charge in [0, 0.05) is 40.7 Å². The molecule has 0 radical (unpaired) electrons. The number of carbonyl (C=O) groups excluding carboxylic acids is 2. The van der Waals surface area contributed by atoms with Gasteiger partial charge in [0.2, 0.25) is 5.78 Å². The number of hydrogen-bond acceptors (Lipinski definition) is 5. The molecule has 0 atom stereocenters. The third kappa shape index (κ3) is 7.29. The van der Waals surface area contributed by atoms with Crippen LogP contribution in [-0.2, 0) is 9.63 Å². The highest BCUT2D eigenvalue weighted by Crippen LogP contribution is 2.27. The SMILES string of the molecule is CC(=O)O/N=C(\CCC#Cc1ccccc1)C(=O)c1ccc(Sc2ccccc2)cc1. The van der Waals surface area contributed by atoms with E-state index in [2.05, 4.69) is 17.0 Å². The maximum atomic E-state index is 12.9. The molecule has 0 aliphatic carbocycles. The van der Waals surface area contributed by atoms with E-state index in [1.54, 1.807) is 23.9 Å². The summed E-state index contributed by atoms with van der Waals surface area (Å²) in [5.41, 5.74) is 1.55. The van der Waals surface area contributed by atoms with Crippen LogP contribution in [0.1, 0.15) is 35.7 Å². The second-order valence-electron chi connectivity index (χ2n) is 6.56. The first-order chi connectivity index (χ1) is 15.1. The Labute approximate surface area is 186 Å². The van der Waals surface area contributed by atoms with Gasteiger partial charge in [-0.1, -0.05) is 65.2 Å². The molecule has 31 heavy (non-hydrogen) atoms. The summed E-state index contributed by atoms with van der Waals surface area (Å²) in [6.07, 6.45) is 0.704. The molecule has 0 unspecified atom stereocenters. The Hall–Kier alpha value is -3.62. The minimum absolute atomic E-state index is 0.168. The third-order valence-corrected chi connectivity index (χ3v) is 5.15. The summed E-state index contributed by atoms with van der Waals surface area (Å²) in [6, 6.07) is 26.9. The molecule has 0 saturated heterocycles. The molecule has 0 heterocycles. The van der Waals surface area contributed by atoms with E-state index in [1.807, 2.05) is 72.8 Å². The summed E-state index contributed by atoms with van der Waals surface area (Å²) in [6.45, 7) is 1.25. The van der Waals surface area contributed by atoms with E-state index in [9.17, 15) is 9.59 Å². The van der Waals surface area contributed by atoms with Crippen molar-refractivity contribution in [2.45, 2.75) is 29.6 Å². The lowest BCUT2D eigenvalue weighted by molar-refractivity contribution is -0.140. The standard InChI is InChI=1S/C26H21NO3S/c1-20(28)30-27-25(15-9-8-12-21-10-4-2-5-11-21)26(29)22-16-18-24(19-17-22)31-23-13-6-3-7-14-23/h2-7,10-11,13-14,16-19H,9,15H2,1H3/b27-25+. The summed E-state index contributed by atoms with van der Waals surface area (Å²) in [4.78, 5) is 31.0. The molecular weight excluding hydrogens is 406 g/mol. The van der Waals surface area contributed by atoms with Crippen molar-refractivity contribution < 1.29 is 14.4 Å². The zero-order valence-electron chi connectivity index (χ0n) is 17.1. The van der Waals surface area contributed by atoms with Gasteiger partial charge in [0.25, 0.3) is 0 Å². The minimum Gasteiger partial charge on any atom is -0.318 e. The van der Waals surface area contributed by atoms with Crippen LogP contribution in [0.15, 0.2) is 99.9 Å². The lowest BCUT2D eigenvalue weighted by atomic mass is 10.0. The van der Waals surface area contributed by atoms with Gasteiger partial charge >= 0.3 is 5.97 Å². The Morgan fingerprint density at radius 2 is 1.48 bits per heavy atom. The van der Waals surface area contributed by atoms with Crippen LogP contribution in [0.25, 0.3) is 0 Å². The van der Waals surface area contributed by atoms with Gasteiger partial charge < -0.3 is 4.84 Å². The number of Topliss-reactive ketones (excluding diaryl/α,β-unsaturated/α-hetero) is 1. The van der Waals surface area contributed by atoms with Crippen LogP contribution in [0.3, 0.4) is 0 Å². The fourth-order valence-electron chi connectivity index (χ4n) is 2.65. The molecule has 0 spiro atoms. The quantitative estimate of drug-likeness (QED) is 0.158. The smallest absolute Gasteiger partial charge is 0.318 e. The molecule has 0 aliphatic heterocycles. The first-order valence-electron chi connectivity index (χ1n) is 9.78. The summed E-state index contributed by atoms with van der Waals surface area (Å²) in [5.74, 6) is 5.23. The molecule has 0 N–H and O–H groups in total. The summed E-state index contributed by atoms with van der Waals surface area (Å²) in [7, 11) is 0. The number of ketones is 1. The van der Waals surface area contributed by atoms with E-state index in [0.29, 0.717) is 12.0 Å². The van der Waals surface area contributed by atoms with Crippen LogP contribution in [0, 0.1) is 11.8 Å². The van der Waals surface area contributed by atoms with Crippen molar-refractivity contribution in [3.8, 4) is 11.8 Å². The van der Waals surface area contributed by atoms with Crippen LogP contribution in [-0.4, -0.2) is 17.5 Å². The molecule has 0 bridgehead atoms. The van der Waals surface area contributed by atoms with Crippen LogP contribution >= 0.6 is 11.8 Å². The molecule has 3 aromatic carbocycles. The number of oxime groups is 1. The summed E-state index contributed by atoms with van der Waals surface area (Å²) in [5, 5.41) is 3.78. The predicted molar refractivity (Wildman–Crippen MR) is 123 cm³/mol. The molecule has 0 aliphatic rings. The third-order valence-electron chi connectivity index (χ3n) is 4.14. The molecular formula is C26H21NO3S. The second-order valence-corrected chi connectivity index (χ2v) is 7.70. The number of rotatable bonds is 7. The van der Waals surface area contributed by atoms with Gasteiger partial charge in [-0.3, -0.25) is 4.79 Å². The number of nitrogens with zero attached hydrogens (tertiary/aromatic N) is 1. The van der Waals surface area contributed by atoms with Crippen molar-refractivity contribution in [1.29, 1.82) is 0 Å². The molecule has 0 saturated carbocycles. The lowest BCUT2D eigenvalue weighted by Gasteiger charge is -2.06.